The van der Waals surface area contributed by atoms with Crippen LogP contribution in [0.2, 0.25) is 0 Å². The number of piperazine rings is 1. The third-order valence-electron chi connectivity index (χ3n) is 3.36. The van der Waals surface area contributed by atoms with Crippen molar-refractivity contribution in [3.05, 3.63) is 27.8 Å². The second-order valence-electron chi connectivity index (χ2n) is 4.86. The molecule has 1 heterocycles. The average molecular weight is 402 g/mol. The molecule has 1 aromatic rings. The number of benzene rings is 1. The van der Waals surface area contributed by atoms with Gasteiger partial charge in [0, 0.05) is 35.9 Å². The molecule has 3 N–H and O–H groups in total. The third kappa shape index (κ3) is 4.65. The number of halogens is 1. The smallest absolute Gasteiger partial charge is 0.238 e. The van der Waals surface area contributed by atoms with E-state index < -0.39 is 0 Å². The molecule has 1 atom stereocenters. The molecule has 2 amide bonds. The number of likely N-dealkylation sites (N-methyl/N-ethyl adjacent to an activating group) is 1. The predicted molar refractivity (Wildman–Crippen MR) is 90.1 cm³/mol. The molecule has 0 radical (unpaired) electrons. The van der Waals surface area contributed by atoms with Crippen molar-refractivity contribution in [2.24, 2.45) is 0 Å². The number of hydrogen-bond acceptors (Lipinski definition) is 4. The van der Waals surface area contributed by atoms with Crippen LogP contribution in [0.25, 0.3) is 0 Å². The van der Waals surface area contributed by atoms with Gasteiger partial charge >= 0.3 is 0 Å². The number of carbonyl (C=O) groups excluding carboxylic acids is 2. The van der Waals surface area contributed by atoms with E-state index >= 15 is 0 Å². The van der Waals surface area contributed by atoms with Crippen molar-refractivity contribution >= 4 is 40.1 Å². The summed E-state index contributed by atoms with van der Waals surface area (Å²) in [6, 6.07) is 7.33. The van der Waals surface area contributed by atoms with Gasteiger partial charge in [0.15, 0.2) is 0 Å². The van der Waals surface area contributed by atoms with Gasteiger partial charge in [0.25, 0.3) is 0 Å². The quantitative estimate of drug-likeness (QED) is 0.632. The lowest BCUT2D eigenvalue weighted by atomic mass is 10.1. The summed E-state index contributed by atoms with van der Waals surface area (Å²) in [5.41, 5.74) is 0.776. The Morgan fingerprint density at radius 3 is 3.00 bits per heavy atom. The summed E-state index contributed by atoms with van der Waals surface area (Å²) in [4.78, 5) is 25.9. The molecule has 1 aliphatic rings. The Bertz CT molecular complexity index is 523. The molecular formula is C14H19IN4O2. The van der Waals surface area contributed by atoms with E-state index in [-0.39, 0.29) is 24.4 Å². The molecule has 1 saturated heterocycles. The normalized spacial score (nSPS) is 19.0. The Morgan fingerprint density at radius 1 is 1.48 bits per heavy atom. The first kappa shape index (κ1) is 16.2. The Labute approximate surface area is 137 Å². The largest absolute Gasteiger partial charge is 0.358 e. The molecule has 0 saturated carbocycles. The number of anilines is 1. The molecule has 7 heteroatoms. The average Bonchev–Trinajstić information content (AvgIpc) is 2.47. The van der Waals surface area contributed by atoms with E-state index in [2.05, 4.69) is 38.5 Å². The van der Waals surface area contributed by atoms with Crippen LogP contribution in [-0.4, -0.2) is 56.0 Å². The summed E-state index contributed by atoms with van der Waals surface area (Å²) in [6.07, 6.45) is 0. The molecule has 0 aromatic heterocycles. The Balaban J connectivity index is 1.95. The lowest BCUT2D eigenvalue weighted by molar-refractivity contribution is -0.128. The number of nitrogens with one attached hydrogen (secondary N) is 3. The molecule has 1 aromatic carbocycles. The van der Waals surface area contributed by atoms with Crippen molar-refractivity contribution < 1.29 is 9.59 Å². The molecule has 2 rings (SSSR count). The van der Waals surface area contributed by atoms with E-state index in [4.69, 9.17) is 0 Å². The zero-order chi connectivity index (χ0) is 15.2. The number of amides is 2. The van der Waals surface area contributed by atoms with Gasteiger partial charge in [-0.3, -0.25) is 14.5 Å². The van der Waals surface area contributed by atoms with Gasteiger partial charge in [0.2, 0.25) is 11.8 Å². The van der Waals surface area contributed by atoms with Gasteiger partial charge in [0.1, 0.15) is 6.04 Å². The van der Waals surface area contributed by atoms with Crippen LogP contribution in [0.4, 0.5) is 5.69 Å². The Hall–Kier alpha value is -1.19. The van der Waals surface area contributed by atoms with Crippen LogP contribution in [0.1, 0.15) is 0 Å². The van der Waals surface area contributed by atoms with Gasteiger partial charge in [-0.1, -0.05) is 6.07 Å². The summed E-state index contributed by atoms with van der Waals surface area (Å²) in [6.45, 7) is 2.24. The zero-order valence-corrected chi connectivity index (χ0v) is 14.0. The van der Waals surface area contributed by atoms with Gasteiger partial charge < -0.3 is 16.0 Å². The SMILES string of the molecule is CNC(=O)C1CNCCN1CC(=O)Nc1cccc(I)c1. The van der Waals surface area contributed by atoms with Gasteiger partial charge in [0.05, 0.1) is 6.54 Å². The first-order valence-electron chi connectivity index (χ1n) is 6.82. The van der Waals surface area contributed by atoms with Crippen molar-refractivity contribution in [2.45, 2.75) is 6.04 Å². The monoisotopic (exact) mass is 402 g/mol. The minimum absolute atomic E-state index is 0.0655. The number of hydrogen-bond donors (Lipinski definition) is 3. The maximum atomic E-state index is 12.1. The topological polar surface area (TPSA) is 73.5 Å². The maximum Gasteiger partial charge on any atom is 0.238 e. The highest BCUT2D eigenvalue weighted by atomic mass is 127. The molecular weight excluding hydrogens is 383 g/mol. The minimum atomic E-state index is -0.301. The number of nitrogens with zero attached hydrogens (tertiary/aromatic N) is 1. The Kier molecular flexibility index (Phi) is 5.95. The lowest BCUT2D eigenvalue weighted by Crippen LogP contribution is -2.58. The van der Waals surface area contributed by atoms with E-state index in [1.165, 1.54) is 0 Å². The van der Waals surface area contributed by atoms with Crippen LogP contribution in [0.15, 0.2) is 24.3 Å². The highest BCUT2D eigenvalue weighted by Crippen LogP contribution is 2.12. The molecule has 0 spiro atoms. The molecule has 0 aliphatic carbocycles. The third-order valence-corrected chi connectivity index (χ3v) is 4.03. The van der Waals surface area contributed by atoms with E-state index in [0.29, 0.717) is 13.1 Å². The molecule has 6 nitrogen and oxygen atoms in total. The van der Waals surface area contributed by atoms with Crippen molar-refractivity contribution in [3.63, 3.8) is 0 Å². The van der Waals surface area contributed by atoms with E-state index in [0.717, 1.165) is 15.8 Å². The second kappa shape index (κ2) is 7.71. The molecule has 0 bridgehead atoms. The fraction of sp³-hybridized carbons (Fsp3) is 0.429. The summed E-state index contributed by atoms with van der Waals surface area (Å²) in [7, 11) is 1.61. The minimum Gasteiger partial charge on any atom is -0.358 e. The van der Waals surface area contributed by atoms with Crippen LogP contribution in [-0.2, 0) is 9.59 Å². The van der Waals surface area contributed by atoms with Crippen LogP contribution >= 0.6 is 22.6 Å². The molecule has 21 heavy (non-hydrogen) atoms. The lowest BCUT2D eigenvalue weighted by Gasteiger charge is -2.34. The van der Waals surface area contributed by atoms with Crippen LogP contribution < -0.4 is 16.0 Å². The van der Waals surface area contributed by atoms with Crippen LogP contribution in [0.5, 0.6) is 0 Å². The summed E-state index contributed by atoms with van der Waals surface area (Å²) in [5, 5.41) is 8.69. The van der Waals surface area contributed by atoms with Crippen molar-refractivity contribution in [3.8, 4) is 0 Å². The molecule has 114 valence electrons. The van der Waals surface area contributed by atoms with Gasteiger partial charge in [-0.15, -0.1) is 0 Å². The molecule has 1 fully saturated rings. The van der Waals surface area contributed by atoms with E-state index in [1.807, 2.05) is 29.2 Å². The number of rotatable bonds is 4. The number of carbonyl (C=O) groups is 2. The molecule has 1 unspecified atom stereocenters. The predicted octanol–water partition coefficient (Wildman–Crippen LogP) is 0.250. The highest BCUT2D eigenvalue weighted by molar-refractivity contribution is 14.1. The first-order chi connectivity index (χ1) is 10.1. The van der Waals surface area contributed by atoms with Gasteiger partial charge in [-0.25, -0.2) is 0 Å². The highest BCUT2D eigenvalue weighted by Gasteiger charge is 2.29. The fourth-order valence-corrected chi connectivity index (χ4v) is 2.86. The maximum absolute atomic E-state index is 12.1. The van der Waals surface area contributed by atoms with E-state index in [1.54, 1.807) is 7.05 Å². The van der Waals surface area contributed by atoms with Crippen molar-refractivity contribution in [1.82, 2.24) is 15.5 Å². The van der Waals surface area contributed by atoms with Crippen molar-refractivity contribution in [2.75, 3.05) is 38.5 Å². The zero-order valence-electron chi connectivity index (χ0n) is 11.9. The summed E-state index contributed by atoms with van der Waals surface area (Å²) < 4.78 is 1.07. The fourth-order valence-electron chi connectivity index (χ4n) is 2.31. The van der Waals surface area contributed by atoms with Crippen LogP contribution in [0, 0.1) is 3.57 Å². The van der Waals surface area contributed by atoms with Gasteiger partial charge in [-0.2, -0.15) is 0 Å². The summed E-state index contributed by atoms with van der Waals surface area (Å²) in [5.74, 6) is -0.169. The standard InChI is InChI=1S/C14H19IN4O2/c1-16-14(21)12-8-17-5-6-19(12)9-13(20)18-11-4-2-3-10(15)7-11/h2-4,7,12,17H,5-6,8-9H2,1H3,(H,16,21)(H,18,20). The van der Waals surface area contributed by atoms with Crippen molar-refractivity contribution in [1.29, 1.82) is 0 Å². The van der Waals surface area contributed by atoms with Crippen LogP contribution in [0.3, 0.4) is 0 Å². The first-order valence-corrected chi connectivity index (χ1v) is 7.90. The van der Waals surface area contributed by atoms with Gasteiger partial charge in [-0.05, 0) is 40.8 Å². The second-order valence-corrected chi connectivity index (χ2v) is 6.11. The Morgan fingerprint density at radius 2 is 2.29 bits per heavy atom. The van der Waals surface area contributed by atoms with E-state index in [9.17, 15) is 9.59 Å². The molecule has 1 aliphatic heterocycles. The summed E-state index contributed by atoms with van der Waals surface area (Å²) >= 11 is 2.20.